The van der Waals surface area contributed by atoms with E-state index in [4.69, 9.17) is 5.73 Å². The fraction of sp³-hybridized carbons (Fsp3) is 0.429. The highest BCUT2D eigenvalue weighted by Gasteiger charge is 2.07. The Morgan fingerprint density at radius 1 is 1.77 bits per heavy atom. The van der Waals surface area contributed by atoms with E-state index in [-0.39, 0.29) is 6.03 Å². The van der Waals surface area contributed by atoms with E-state index in [9.17, 15) is 4.79 Å². The quantitative estimate of drug-likeness (QED) is 0.609. The molecule has 0 aliphatic rings. The lowest BCUT2D eigenvalue weighted by molar-refractivity contribution is 0.252. The Morgan fingerprint density at radius 3 is 2.92 bits per heavy atom. The van der Waals surface area contributed by atoms with E-state index >= 15 is 0 Å². The lowest BCUT2D eigenvalue weighted by atomic mass is 10.5. The van der Waals surface area contributed by atoms with Gasteiger partial charge in [-0.05, 0) is 6.92 Å². The molecule has 1 rings (SSSR count). The summed E-state index contributed by atoms with van der Waals surface area (Å²) in [5.74, 6) is 0.506. The summed E-state index contributed by atoms with van der Waals surface area (Å²) in [6, 6.07) is -0.280. The molecule has 4 N–H and O–H groups in total. The van der Waals surface area contributed by atoms with Crippen LogP contribution in [0.3, 0.4) is 0 Å². The molecular weight excluding hydrogens is 170 g/mol. The van der Waals surface area contributed by atoms with E-state index in [0.29, 0.717) is 18.1 Å². The second kappa shape index (κ2) is 3.79. The average molecular weight is 183 g/mol. The predicted octanol–water partition coefficient (Wildman–Crippen LogP) is 0.144. The number of hydrogen-bond acceptors (Lipinski definition) is 3. The second-order valence-electron chi connectivity index (χ2n) is 2.56. The molecule has 0 aromatic carbocycles. The number of nitrogens with one attached hydrogen (secondary N) is 2. The molecule has 0 atom stereocenters. The maximum atomic E-state index is 11.1. The van der Waals surface area contributed by atoms with Gasteiger partial charge in [0.05, 0.1) is 11.9 Å². The number of carbonyl (C=O) groups excluding carboxylic acids is 1. The molecular formula is C7H13N5O. The third-order valence-electron chi connectivity index (χ3n) is 1.54. The van der Waals surface area contributed by atoms with Crippen LogP contribution < -0.4 is 16.4 Å². The smallest absolute Gasteiger partial charge is 0.320 e. The van der Waals surface area contributed by atoms with Crippen LogP contribution in [0, 0.1) is 0 Å². The van der Waals surface area contributed by atoms with Crippen molar-refractivity contribution in [3.63, 3.8) is 0 Å². The molecule has 0 fully saturated rings. The molecule has 0 aliphatic heterocycles. The van der Waals surface area contributed by atoms with Gasteiger partial charge in [-0.3, -0.25) is 10.00 Å². The lowest BCUT2D eigenvalue weighted by Gasteiger charge is -2.06. The van der Waals surface area contributed by atoms with Gasteiger partial charge in [-0.15, -0.1) is 0 Å². The summed E-state index contributed by atoms with van der Waals surface area (Å²) in [6.07, 6.45) is 1.49. The number of hydrogen-bond donors (Lipinski definition) is 3. The number of carbonyl (C=O) groups is 1. The van der Waals surface area contributed by atoms with Crippen LogP contribution in [0.25, 0.3) is 0 Å². The highest BCUT2D eigenvalue weighted by molar-refractivity contribution is 5.91. The minimum Gasteiger partial charge on any atom is -0.394 e. The van der Waals surface area contributed by atoms with Crippen molar-refractivity contribution < 1.29 is 4.79 Å². The summed E-state index contributed by atoms with van der Waals surface area (Å²) in [6.45, 7) is 2.41. The molecule has 6 heteroatoms. The number of rotatable bonds is 2. The van der Waals surface area contributed by atoms with Crippen LogP contribution in [0.15, 0.2) is 6.20 Å². The third kappa shape index (κ3) is 2.11. The standard InChI is InChI=1S/C7H13N5O/c1-3-9-7(13)11-6-5(8)4-10-12(6)2/h4H,3,8H2,1-2H3,(H2,9,11,13). The van der Waals surface area contributed by atoms with Gasteiger partial charge in [0.25, 0.3) is 0 Å². The Labute approximate surface area is 76.1 Å². The van der Waals surface area contributed by atoms with E-state index in [2.05, 4.69) is 15.7 Å². The van der Waals surface area contributed by atoms with Crippen LogP contribution in [0.2, 0.25) is 0 Å². The number of urea groups is 1. The van der Waals surface area contributed by atoms with Gasteiger partial charge in [-0.2, -0.15) is 5.10 Å². The fourth-order valence-corrected chi connectivity index (χ4v) is 0.920. The van der Waals surface area contributed by atoms with Crippen molar-refractivity contribution in [3.8, 4) is 0 Å². The van der Waals surface area contributed by atoms with Crippen LogP contribution >= 0.6 is 0 Å². The minimum absolute atomic E-state index is 0.280. The SMILES string of the molecule is CCNC(=O)Nc1c(N)cnn1C. The number of anilines is 2. The lowest BCUT2D eigenvalue weighted by Crippen LogP contribution is -2.29. The molecule has 0 aliphatic carbocycles. The molecule has 6 nitrogen and oxygen atoms in total. The van der Waals surface area contributed by atoms with E-state index in [0.717, 1.165) is 0 Å². The zero-order chi connectivity index (χ0) is 9.84. The first kappa shape index (κ1) is 9.37. The Morgan fingerprint density at radius 2 is 2.46 bits per heavy atom. The predicted molar refractivity (Wildman–Crippen MR) is 50.3 cm³/mol. The molecule has 0 radical (unpaired) electrons. The first-order chi connectivity index (χ1) is 6.15. The summed E-state index contributed by atoms with van der Waals surface area (Å²) in [5.41, 5.74) is 6.01. The Hall–Kier alpha value is -1.72. The van der Waals surface area contributed by atoms with Crippen molar-refractivity contribution in [1.82, 2.24) is 15.1 Å². The molecule has 0 unspecified atom stereocenters. The first-order valence-electron chi connectivity index (χ1n) is 3.97. The van der Waals surface area contributed by atoms with Gasteiger partial charge in [-0.25, -0.2) is 4.79 Å². The van der Waals surface area contributed by atoms with Gasteiger partial charge in [0.15, 0.2) is 5.82 Å². The number of aryl methyl sites for hydroxylation is 1. The van der Waals surface area contributed by atoms with Crippen LogP contribution in [-0.2, 0) is 7.05 Å². The van der Waals surface area contributed by atoms with Crippen molar-refractivity contribution in [2.45, 2.75) is 6.92 Å². The zero-order valence-corrected chi connectivity index (χ0v) is 7.66. The van der Waals surface area contributed by atoms with Gasteiger partial charge in [-0.1, -0.05) is 0 Å². The van der Waals surface area contributed by atoms with Crippen LogP contribution in [0.5, 0.6) is 0 Å². The van der Waals surface area contributed by atoms with E-state index < -0.39 is 0 Å². The van der Waals surface area contributed by atoms with Gasteiger partial charge in [0.1, 0.15) is 0 Å². The number of aromatic nitrogens is 2. The summed E-state index contributed by atoms with van der Waals surface area (Å²) < 4.78 is 1.50. The maximum Gasteiger partial charge on any atom is 0.320 e. The fourth-order valence-electron chi connectivity index (χ4n) is 0.920. The van der Waals surface area contributed by atoms with E-state index in [1.165, 1.54) is 10.9 Å². The monoisotopic (exact) mass is 183 g/mol. The summed E-state index contributed by atoms with van der Waals surface area (Å²) in [7, 11) is 1.71. The van der Waals surface area contributed by atoms with E-state index in [1.807, 2.05) is 6.92 Å². The number of nitrogen functional groups attached to an aromatic ring is 1. The largest absolute Gasteiger partial charge is 0.394 e. The van der Waals surface area contributed by atoms with Crippen molar-refractivity contribution >= 4 is 17.5 Å². The molecule has 1 aromatic rings. The van der Waals surface area contributed by atoms with Crippen molar-refractivity contribution in [3.05, 3.63) is 6.20 Å². The minimum atomic E-state index is -0.280. The van der Waals surface area contributed by atoms with Crippen molar-refractivity contribution in [1.29, 1.82) is 0 Å². The molecule has 72 valence electrons. The molecule has 1 heterocycles. The molecule has 0 saturated heterocycles. The average Bonchev–Trinajstić information content (AvgIpc) is 2.36. The van der Waals surface area contributed by atoms with Crippen LogP contribution in [-0.4, -0.2) is 22.4 Å². The van der Waals surface area contributed by atoms with Gasteiger partial charge >= 0.3 is 6.03 Å². The number of nitrogens with zero attached hydrogens (tertiary/aromatic N) is 2. The number of amides is 2. The zero-order valence-electron chi connectivity index (χ0n) is 7.66. The highest BCUT2D eigenvalue weighted by Crippen LogP contribution is 2.14. The maximum absolute atomic E-state index is 11.1. The van der Waals surface area contributed by atoms with Crippen LogP contribution in [0.4, 0.5) is 16.3 Å². The molecule has 0 saturated carbocycles. The van der Waals surface area contributed by atoms with E-state index in [1.54, 1.807) is 7.05 Å². The Balaban J connectivity index is 2.68. The number of nitrogens with two attached hydrogens (primary N) is 1. The molecule has 13 heavy (non-hydrogen) atoms. The first-order valence-corrected chi connectivity index (χ1v) is 3.97. The second-order valence-corrected chi connectivity index (χ2v) is 2.56. The van der Waals surface area contributed by atoms with Crippen molar-refractivity contribution in [2.24, 2.45) is 7.05 Å². The molecule has 0 bridgehead atoms. The molecule has 1 aromatic heterocycles. The summed E-state index contributed by atoms with van der Waals surface area (Å²) in [5, 5.41) is 9.05. The molecule has 0 spiro atoms. The highest BCUT2D eigenvalue weighted by atomic mass is 16.2. The normalized spacial score (nSPS) is 9.69. The third-order valence-corrected chi connectivity index (χ3v) is 1.54. The van der Waals surface area contributed by atoms with Gasteiger partial charge in [0, 0.05) is 13.6 Å². The van der Waals surface area contributed by atoms with Gasteiger partial charge < -0.3 is 11.1 Å². The summed E-state index contributed by atoms with van der Waals surface area (Å²) >= 11 is 0. The van der Waals surface area contributed by atoms with Crippen molar-refractivity contribution in [2.75, 3.05) is 17.6 Å². The Bertz CT molecular complexity index is 286. The van der Waals surface area contributed by atoms with Crippen LogP contribution in [0.1, 0.15) is 6.92 Å². The molecule has 2 amide bonds. The summed E-state index contributed by atoms with van der Waals surface area (Å²) in [4.78, 5) is 11.1. The van der Waals surface area contributed by atoms with Gasteiger partial charge in [0.2, 0.25) is 0 Å². The Kier molecular flexibility index (Phi) is 2.73. The topological polar surface area (TPSA) is 85.0 Å².